The maximum absolute atomic E-state index is 10.5. The number of hydrogen-bond acceptors (Lipinski definition) is 5. The molecule has 28 heavy (non-hydrogen) atoms. The number of rotatable bonds is 21. The van der Waals surface area contributed by atoms with Crippen molar-refractivity contribution in [2.75, 3.05) is 6.61 Å². The fourth-order valence-electron chi connectivity index (χ4n) is 2.94. The second-order valence-corrected chi connectivity index (χ2v) is 11.1. The highest BCUT2D eigenvalue weighted by Crippen LogP contribution is 2.50. The summed E-state index contributed by atoms with van der Waals surface area (Å²) < 4.78 is 23.2. The van der Waals surface area contributed by atoms with Gasteiger partial charge in [-0.2, -0.15) is 0 Å². The number of unbranched alkanes of at least 4 members (excludes halogenated alkanes) is 15. The van der Waals surface area contributed by atoms with Crippen molar-refractivity contribution in [1.82, 2.24) is 0 Å². The lowest BCUT2D eigenvalue weighted by Crippen LogP contribution is -1.97. The zero-order valence-electron chi connectivity index (χ0n) is 17.3. The van der Waals surface area contributed by atoms with Crippen LogP contribution in [-0.2, 0) is 30.2 Å². The molecule has 0 saturated heterocycles. The van der Waals surface area contributed by atoms with Gasteiger partial charge >= 0.3 is 14.5 Å². The van der Waals surface area contributed by atoms with Crippen molar-refractivity contribution in [1.29, 1.82) is 0 Å². The van der Waals surface area contributed by atoms with Crippen molar-refractivity contribution in [2.45, 2.75) is 110 Å². The van der Waals surface area contributed by atoms with Gasteiger partial charge in [-0.3, -0.25) is 0 Å². The van der Waals surface area contributed by atoms with E-state index in [2.05, 4.69) is 28.1 Å². The summed E-state index contributed by atoms with van der Waals surface area (Å²) in [5.41, 5.74) is 0. The van der Waals surface area contributed by atoms with Gasteiger partial charge in [-0.05, 0) is 18.2 Å². The minimum Gasteiger partial charge on any atom is -0.323 e. The van der Waals surface area contributed by atoms with Crippen LogP contribution >= 0.6 is 14.5 Å². The Morgan fingerprint density at radius 3 is 1.36 bits per heavy atom. The van der Waals surface area contributed by atoms with Crippen LogP contribution in [0.2, 0.25) is 0 Å². The lowest BCUT2D eigenvalue weighted by molar-refractivity contribution is -0.135. The van der Waals surface area contributed by atoms with Crippen LogP contribution in [0.4, 0.5) is 0 Å². The zero-order valence-corrected chi connectivity index (χ0v) is 19.9. The number of hydrogen-bond donors (Lipinski definition) is 3. The van der Waals surface area contributed by atoms with E-state index in [1.165, 1.54) is 83.5 Å². The molecule has 0 aliphatic carbocycles. The summed E-state index contributed by atoms with van der Waals surface area (Å²) in [4.78, 5) is 26.5. The van der Waals surface area contributed by atoms with E-state index < -0.39 is 14.5 Å². The van der Waals surface area contributed by atoms with E-state index in [9.17, 15) is 9.46 Å². The van der Waals surface area contributed by atoms with Crippen molar-refractivity contribution in [3.63, 3.8) is 0 Å². The van der Waals surface area contributed by atoms with Gasteiger partial charge in [-0.15, -0.1) is 9.35 Å². The van der Waals surface area contributed by atoms with Crippen LogP contribution in [0.5, 0.6) is 0 Å². The Hall–Kier alpha value is 0.640. The molecule has 0 spiro atoms. The average molecular weight is 463 g/mol. The molecule has 1 unspecified atom stereocenters. The molecule has 0 aliphatic rings. The van der Waals surface area contributed by atoms with Crippen LogP contribution < -0.4 is 0 Å². The molecule has 0 rings (SSSR count). The molecule has 0 bridgehead atoms. The van der Waals surface area contributed by atoms with Gasteiger partial charge in [0.2, 0.25) is 0 Å². The lowest BCUT2D eigenvalue weighted by Gasteiger charge is -2.14. The van der Waals surface area contributed by atoms with Crippen molar-refractivity contribution in [3.05, 3.63) is 0 Å². The summed E-state index contributed by atoms with van der Waals surface area (Å²) in [7, 11) is -4.84. The van der Waals surface area contributed by atoms with Gasteiger partial charge in [0, 0.05) is 0 Å². The van der Waals surface area contributed by atoms with E-state index in [0.717, 1.165) is 12.8 Å². The predicted octanol–water partition coefficient (Wildman–Crippen LogP) is 6.52. The van der Waals surface area contributed by atoms with Crippen molar-refractivity contribution in [3.8, 4) is 0 Å². The molecular formula is C18H40O7P2S. The van der Waals surface area contributed by atoms with Crippen LogP contribution in [-0.4, -0.2) is 21.3 Å². The minimum absolute atomic E-state index is 0.177. The van der Waals surface area contributed by atoms with E-state index >= 15 is 0 Å². The Balaban J connectivity index is 3.27. The Kier molecular flexibility index (Phi) is 18.8. The summed E-state index contributed by atoms with van der Waals surface area (Å²) in [6.45, 7) is -1.33. The lowest BCUT2D eigenvalue weighted by atomic mass is 10.0. The molecule has 1 atom stereocenters. The summed E-state index contributed by atoms with van der Waals surface area (Å²) in [6, 6.07) is 0. The molecule has 0 radical (unpaired) electrons. The van der Waals surface area contributed by atoms with Crippen molar-refractivity contribution < 1.29 is 33.1 Å². The zero-order chi connectivity index (χ0) is 21.1. The molecule has 0 fully saturated rings. The molecule has 7 nitrogen and oxygen atoms in total. The van der Waals surface area contributed by atoms with Gasteiger partial charge in [0.15, 0.2) is 0 Å². The first-order chi connectivity index (χ1) is 13.3. The first-order valence-electron chi connectivity index (χ1n) is 10.7. The molecule has 0 saturated carbocycles. The molecule has 0 aromatic carbocycles. The van der Waals surface area contributed by atoms with Gasteiger partial charge in [0.1, 0.15) is 0 Å². The van der Waals surface area contributed by atoms with Crippen molar-refractivity contribution in [2.24, 2.45) is 0 Å². The maximum atomic E-state index is 10.5. The van der Waals surface area contributed by atoms with Crippen LogP contribution in [0.1, 0.15) is 110 Å². The normalized spacial score (nSPS) is 14.3. The standard InChI is InChI=1S/C18H40O7P2S/c1-2-3-4-5-6-7-8-9-10-11-12-13-14-15-16-17-18-23-27(22,28)25-24-26(19,20)21/h2-18H2,1H3,(H,22,28)(H2,19,20,21). The van der Waals surface area contributed by atoms with Gasteiger partial charge in [-0.1, -0.05) is 103 Å². The highest BCUT2D eigenvalue weighted by Gasteiger charge is 2.24. The van der Waals surface area contributed by atoms with Crippen molar-refractivity contribution >= 4 is 26.3 Å². The van der Waals surface area contributed by atoms with Gasteiger partial charge < -0.3 is 19.2 Å². The third-order valence-corrected chi connectivity index (χ3v) is 6.13. The molecule has 3 N–H and O–H groups in total. The van der Waals surface area contributed by atoms with Gasteiger partial charge in [0.25, 0.3) is 0 Å². The first-order valence-corrected chi connectivity index (χ1v) is 14.8. The Bertz CT molecular complexity index is 446. The number of phosphoric acid groups is 1. The quantitative estimate of drug-likeness (QED) is 0.0766. The Morgan fingerprint density at radius 2 is 1.00 bits per heavy atom. The van der Waals surface area contributed by atoms with E-state index in [1.54, 1.807) is 0 Å². The monoisotopic (exact) mass is 462 g/mol. The molecule has 0 amide bonds. The third kappa shape index (κ3) is 22.9. The van der Waals surface area contributed by atoms with Crippen LogP contribution in [0.15, 0.2) is 0 Å². The molecule has 0 heterocycles. The smallest absolute Gasteiger partial charge is 0.323 e. The maximum Gasteiger partial charge on any atom is 0.497 e. The largest absolute Gasteiger partial charge is 0.497 e. The predicted molar refractivity (Wildman–Crippen MR) is 116 cm³/mol. The fraction of sp³-hybridized carbons (Fsp3) is 1.00. The summed E-state index contributed by atoms with van der Waals surface area (Å²) in [5, 5.41) is 0. The van der Waals surface area contributed by atoms with E-state index in [4.69, 9.17) is 14.3 Å². The van der Waals surface area contributed by atoms with Crippen LogP contribution in [0.25, 0.3) is 0 Å². The Labute approximate surface area is 176 Å². The summed E-state index contributed by atoms with van der Waals surface area (Å²) in [6.07, 6.45) is 20.2. The molecule has 0 aromatic rings. The van der Waals surface area contributed by atoms with E-state index in [0.29, 0.717) is 6.42 Å². The second kappa shape index (κ2) is 18.4. The third-order valence-electron chi connectivity index (χ3n) is 4.48. The van der Waals surface area contributed by atoms with Crippen LogP contribution in [0.3, 0.4) is 0 Å². The first kappa shape index (κ1) is 28.6. The SMILES string of the molecule is CCCCCCCCCCCCCCCCCCOP(O)(=S)OOP(=O)(O)O. The van der Waals surface area contributed by atoms with Gasteiger partial charge in [0.05, 0.1) is 6.61 Å². The summed E-state index contributed by atoms with van der Waals surface area (Å²) >= 11 is 4.58. The average Bonchev–Trinajstić information content (AvgIpc) is 2.62. The molecule has 10 heteroatoms. The molecule has 170 valence electrons. The molecule has 0 aliphatic heterocycles. The van der Waals surface area contributed by atoms with Gasteiger partial charge in [-0.25, -0.2) is 4.57 Å². The molecule has 0 aromatic heterocycles. The van der Waals surface area contributed by atoms with Crippen LogP contribution in [0, 0.1) is 0 Å². The summed E-state index contributed by atoms with van der Waals surface area (Å²) in [5.74, 6) is 0. The van der Waals surface area contributed by atoms with E-state index in [1.807, 2.05) is 0 Å². The highest BCUT2D eigenvalue weighted by molar-refractivity contribution is 8.07. The topological polar surface area (TPSA) is 105 Å². The molecular weight excluding hydrogens is 422 g/mol. The fourth-order valence-corrected chi connectivity index (χ4v) is 4.49. The van der Waals surface area contributed by atoms with E-state index in [-0.39, 0.29) is 6.61 Å². The minimum atomic E-state index is -4.84. The Morgan fingerprint density at radius 1 is 0.643 bits per heavy atom. The second-order valence-electron chi connectivity index (χ2n) is 7.24. The highest BCUT2D eigenvalue weighted by atomic mass is 32.5.